The zero-order chi connectivity index (χ0) is 14.7. The summed E-state index contributed by atoms with van der Waals surface area (Å²) >= 11 is 0. The SMILES string of the molecule is C=C(C)C(N)=O.NC(N)=NCCCC(N)C(=O)O. The monoisotopic (exact) mass is 259 g/mol. The Labute approximate surface area is 106 Å². The van der Waals surface area contributed by atoms with E-state index in [0.29, 0.717) is 25.0 Å². The van der Waals surface area contributed by atoms with Gasteiger partial charge in [-0.2, -0.15) is 0 Å². The quantitative estimate of drug-likeness (QED) is 0.168. The van der Waals surface area contributed by atoms with E-state index < -0.39 is 17.9 Å². The molecule has 8 nitrogen and oxygen atoms in total. The molecule has 18 heavy (non-hydrogen) atoms. The topological polar surface area (TPSA) is 171 Å². The molecule has 0 aliphatic rings. The number of hydrogen-bond donors (Lipinski definition) is 5. The molecule has 104 valence electrons. The van der Waals surface area contributed by atoms with E-state index >= 15 is 0 Å². The first-order valence-electron chi connectivity index (χ1n) is 5.17. The Morgan fingerprint density at radius 3 is 2.06 bits per heavy atom. The van der Waals surface area contributed by atoms with Crippen molar-refractivity contribution in [2.24, 2.45) is 27.9 Å². The van der Waals surface area contributed by atoms with Gasteiger partial charge in [-0.1, -0.05) is 6.58 Å². The van der Waals surface area contributed by atoms with Crippen LogP contribution in [0.1, 0.15) is 19.8 Å². The Balaban J connectivity index is 0. The molecular weight excluding hydrogens is 238 g/mol. The van der Waals surface area contributed by atoms with Crippen LogP contribution in [-0.4, -0.2) is 35.5 Å². The number of guanidine groups is 1. The van der Waals surface area contributed by atoms with Crippen molar-refractivity contribution in [2.45, 2.75) is 25.8 Å². The minimum Gasteiger partial charge on any atom is -0.480 e. The van der Waals surface area contributed by atoms with Gasteiger partial charge in [-0.25, -0.2) is 0 Å². The number of aliphatic carboxylic acids is 1. The van der Waals surface area contributed by atoms with E-state index in [1.807, 2.05) is 0 Å². The van der Waals surface area contributed by atoms with Crippen molar-refractivity contribution in [3.63, 3.8) is 0 Å². The molecule has 0 aliphatic heterocycles. The number of carbonyl (C=O) groups excluding carboxylic acids is 1. The number of primary amides is 1. The first-order chi connectivity index (χ1) is 8.18. The van der Waals surface area contributed by atoms with Crippen LogP contribution in [0.15, 0.2) is 17.1 Å². The lowest BCUT2D eigenvalue weighted by Gasteiger charge is -2.03. The summed E-state index contributed by atoms with van der Waals surface area (Å²) in [5.41, 5.74) is 20.4. The third-order valence-corrected chi connectivity index (χ3v) is 1.71. The van der Waals surface area contributed by atoms with Crippen molar-refractivity contribution in [1.82, 2.24) is 0 Å². The minimum absolute atomic E-state index is 0.0129. The summed E-state index contributed by atoms with van der Waals surface area (Å²) in [4.78, 5) is 23.7. The lowest BCUT2D eigenvalue weighted by Crippen LogP contribution is -2.30. The fourth-order valence-electron chi connectivity index (χ4n) is 0.643. The molecule has 0 radical (unpaired) electrons. The van der Waals surface area contributed by atoms with Crippen molar-refractivity contribution in [3.8, 4) is 0 Å². The number of hydrogen-bond acceptors (Lipinski definition) is 4. The van der Waals surface area contributed by atoms with E-state index in [0.717, 1.165) is 0 Å². The highest BCUT2D eigenvalue weighted by atomic mass is 16.4. The fourth-order valence-corrected chi connectivity index (χ4v) is 0.643. The molecule has 0 heterocycles. The van der Waals surface area contributed by atoms with Crippen molar-refractivity contribution >= 4 is 17.8 Å². The summed E-state index contributed by atoms with van der Waals surface area (Å²) in [5.74, 6) is -1.42. The minimum atomic E-state index is -1.00. The van der Waals surface area contributed by atoms with Gasteiger partial charge in [0.1, 0.15) is 6.04 Å². The van der Waals surface area contributed by atoms with Gasteiger partial charge in [0.15, 0.2) is 5.96 Å². The molecule has 1 atom stereocenters. The second-order valence-electron chi connectivity index (χ2n) is 3.54. The normalized spacial score (nSPS) is 10.6. The summed E-state index contributed by atoms with van der Waals surface area (Å²) in [5, 5.41) is 8.38. The molecule has 0 fully saturated rings. The van der Waals surface area contributed by atoms with Crippen LogP contribution in [0.3, 0.4) is 0 Å². The van der Waals surface area contributed by atoms with E-state index in [1.54, 1.807) is 6.92 Å². The van der Waals surface area contributed by atoms with Crippen LogP contribution < -0.4 is 22.9 Å². The summed E-state index contributed by atoms with van der Waals surface area (Å²) in [6, 6.07) is -0.820. The number of nitrogens with two attached hydrogens (primary N) is 4. The van der Waals surface area contributed by atoms with Crippen LogP contribution in [0, 0.1) is 0 Å². The number of rotatable bonds is 6. The number of nitrogens with zero attached hydrogens (tertiary/aromatic N) is 1. The smallest absolute Gasteiger partial charge is 0.320 e. The van der Waals surface area contributed by atoms with Crippen LogP contribution in [-0.2, 0) is 9.59 Å². The van der Waals surface area contributed by atoms with E-state index in [2.05, 4.69) is 11.6 Å². The molecule has 8 heteroatoms. The molecule has 0 spiro atoms. The van der Waals surface area contributed by atoms with E-state index in [-0.39, 0.29) is 5.96 Å². The first-order valence-corrected chi connectivity index (χ1v) is 5.17. The molecule has 0 aliphatic carbocycles. The van der Waals surface area contributed by atoms with Gasteiger partial charge < -0.3 is 28.0 Å². The van der Waals surface area contributed by atoms with Gasteiger partial charge >= 0.3 is 5.97 Å². The third-order valence-electron chi connectivity index (χ3n) is 1.71. The molecule has 0 aromatic heterocycles. The highest BCUT2D eigenvalue weighted by molar-refractivity contribution is 5.90. The lowest BCUT2D eigenvalue weighted by atomic mass is 10.2. The number of amides is 1. The highest BCUT2D eigenvalue weighted by Gasteiger charge is 2.09. The number of aliphatic imine (C=N–C) groups is 1. The Morgan fingerprint density at radius 2 is 1.78 bits per heavy atom. The highest BCUT2D eigenvalue weighted by Crippen LogP contribution is 1.94. The molecule has 0 saturated heterocycles. The van der Waals surface area contributed by atoms with Gasteiger partial charge in [0.05, 0.1) is 0 Å². The van der Waals surface area contributed by atoms with Gasteiger partial charge in [-0.3, -0.25) is 14.6 Å². The predicted molar refractivity (Wildman–Crippen MR) is 69.5 cm³/mol. The maximum absolute atomic E-state index is 10.2. The molecule has 0 saturated carbocycles. The standard InChI is InChI=1S/C6H14N4O2.C4H7NO/c7-4(5(11)12)2-1-3-10-6(8)9;1-3(2)4(5)6/h4H,1-3,7H2,(H,11,12)(H4,8,9,10);1H2,2H3,(H2,5,6). The van der Waals surface area contributed by atoms with Crippen molar-refractivity contribution in [3.05, 3.63) is 12.2 Å². The van der Waals surface area contributed by atoms with Crippen LogP contribution in [0.25, 0.3) is 0 Å². The maximum atomic E-state index is 10.2. The Hall–Kier alpha value is -2.09. The van der Waals surface area contributed by atoms with Crippen molar-refractivity contribution < 1.29 is 14.7 Å². The maximum Gasteiger partial charge on any atom is 0.320 e. The first kappa shape index (κ1) is 18.3. The van der Waals surface area contributed by atoms with E-state index in [4.69, 9.17) is 28.0 Å². The van der Waals surface area contributed by atoms with Crippen LogP contribution >= 0.6 is 0 Å². The van der Waals surface area contributed by atoms with Gasteiger partial charge in [-0.15, -0.1) is 0 Å². The molecule has 1 unspecified atom stereocenters. The predicted octanol–water partition coefficient (Wildman–Crippen LogP) is -1.50. The van der Waals surface area contributed by atoms with Crippen LogP contribution in [0.4, 0.5) is 0 Å². The summed E-state index contributed by atoms with van der Waals surface area (Å²) < 4.78 is 0. The molecule has 1 amide bonds. The van der Waals surface area contributed by atoms with E-state index in [1.165, 1.54) is 0 Å². The molecule has 0 rings (SSSR count). The fraction of sp³-hybridized carbons (Fsp3) is 0.500. The van der Waals surface area contributed by atoms with Gasteiger partial charge in [0, 0.05) is 12.1 Å². The van der Waals surface area contributed by atoms with Crippen molar-refractivity contribution in [2.75, 3.05) is 6.54 Å². The third kappa shape index (κ3) is 13.9. The molecule has 0 bridgehead atoms. The average molecular weight is 259 g/mol. The summed E-state index contributed by atoms with van der Waals surface area (Å²) in [6.07, 6.45) is 0.956. The van der Waals surface area contributed by atoms with E-state index in [9.17, 15) is 9.59 Å². The summed E-state index contributed by atoms with van der Waals surface area (Å²) in [6.45, 7) is 5.27. The van der Waals surface area contributed by atoms with Gasteiger partial charge in [0.25, 0.3) is 0 Å². The van der Waals surface area contributed by atoms with Crippen LogP contribution in [0.2, 0.25) is 0 Å². The largest absolute Gasteiger partial charge is 0.480 e. The zero-order valence-corrected chi connectivity index (χ0v) is 10.4. The molecular formula is C10H21N5O3. The second-order valence-corrected chi connectivity index (χ2v) is 3.54. The molecule has 0 aromatic carbocycles. The zero-order valence-electron chi connectivity index (χ0n) is 10.4. The van der Waals surface area contributed by atoms with Crippen molar-refractivity contribution in [1.29, 1.82) is 0 Å². The average Bonchev–Trinajstić information content (AvgIpc) is 2.24. The number of carboxylic acid groups (broad SMARTS) is 1. The number of carbonyl (C=O) groups is 2. The Morgan fingerprint density at radius 1 is 1.33 bits per heavy atom. The lowest BCUT2D eigenvalue weighted by molar-refractivity contribution is -0.138. The molecule has 0 aromatic rings. The van der Waals surface area contributed by atoms with Crippen LogP contribution in [0.5, 0.6) is 0 Å². The number of carboxylic acids is 1. The van der Waals surface area contributed by atoms with Gasteiger partial charge in [-0.05, 0) is 19.8 Å². The Bertz CT molecular complexity index is 311. The second kappa shape index (κ2) is 10.1. The van der Waals surface area contributed by atoms with Gasteiger partial charge in [0.2, 0.25) is 5.91 Å². The summed E-state index contributed by atoms with van der Waals surface area (Å²) in [7, 11) is 0. The Kier molecular flexibility index (Phi) is 10.2. The molecule has 9 N–H and O–H groups in total.